The van der Waals surface area contributed by atoms with Gasteiger partial charge in [0.25, 0.3) is 0 Å². The standard InChI is InChI=1S/C14H22N4O2/c1-11-6-17(7-12(2)20-11)14(19)10-16-8-13(9-16)18-5-3-4-15-18/h3-5,11-13H,6-10H2,1-2H3/t11-,12+. The van der Waals surface area contributed by atoms with Gasteiger partial charge in [-0.1, -0.05) is 0 Å². The highest BCUT2D eigenvalue weighted by Gasteiger charge is 2.32. The van der Waals surface area contributed by atoms with Crippen LogP contribution in [0.4, 0.5) is 0 Å². The molecule has 0 aliphatic carbocycles. The van der Waals surface area contributed by atoms with E-state index in [2.05, 4.69) is 10.00 Å². The third kappa shape index (κ3) is 2.86. The predicted octanol–water partition coefficient (Wildman–Crippen LogP) is 0.376. The second-order valence-corrected chi connectivity index (χ2v) is 5.89. The number of morpholine rings is 1. The number of amides is 1. The molecule has 6 nitrogen and oxygen atoms in total. The lowest BCUT2D eigenvalue weighted by Crippen LogP contribution is -2.55. The molecule has 6 heteroatoms. The van der Waals surface area contributed by atoms with Crippen LogP contribution < -0.4 is 0 Å². The molecule has 2 aliphatic rings. The van der Waals surface area contributed by atoms with Gasteiger partial charge in [0.15, 0.2) is 0 Å². The molecule has 2 saturated heterocycles. The van der Waals surface area contributed by atoms with Crippen molar-refractivity contribution in [3.63, 3.8) is 0 Å². The number of nitrogens with zero attached hydrogens (tertiary/aromatic N) is 4. The summed E-state index contributed by atoms with van der Waals surface area (Å²) in [5.74, 6) is 0.214. The molecule has 3 rings (SSSR count). The Kier molecular flexibility index (Phi) is 3.76. The van der Waals surface area contributed by atoms with E-state index in [1.165, 1.54) is 0 Å². The molecule has 0 spiro atoms. The summed E-state index contributed by atoms with van der Waals surface area (Å²) in [6.07, 6.45) is 4.05. The van der Waals surface area contributed by atoms with Gasteiger partial charge >= 0.3 is 0 Å². The number of aromatic nitrogens is 2. The number of ether oxygens (including phenoxy) is 1. The van der Waals surface area contributed by atoms with Gasteiger partial charge in [0.05, 0.1) is 24.8 Å². The van der Waals surface area contributed by atoms with Crippen LogP contribution in [0.3, 0.4) is 0 Å². The largest absolute Gasteiger partial charge is 0.372 e. The highest BCUT2D eigenvalue weighted by molar-refractivity contribution is 5.78. The summed E-state index contributed by atoms with van der Waals surface area (Å²) in [5.41, 5.74) is 0. The van der Waals surface area contributed by atoms with Crippen molar-refractivity contribution in [2.24, 2.45) is 0 Å². The van der Waals surface area contributed by atoms with Gasteiger partial charge in [0.2, 0.25) is 5.91 Å². The molecule has 1 aromatic heterocycles. The highest BCUT2D eigenvalue weighted by atomic mass is 16.5. The van der Waals surface area contributed by atoms with Crippen molar-refractivity contribution in [2.75, 3.05) is 32.7 Å². The van der Waals surface area contributed by atoms with E-state index >= 15 is 0 Å². The van der Waals surface area contributed by atoms with Crippen molar-refractivity contribution in [3.05, 3.63) is 18.5 Å². The minimum absolute atomic E-state index is 0.135. The van der Waals surface area contributed by atoms with Gasteiger partial charge in [-0.05, 0) is 19.9 Å². The number of hydrogen-bond donors (Lipinski definition) is 0. The average Bonchev–Trinajstić information content (AvgIpc) is 2.85. The molecule has 0 saturated carbocycles. The normalized spacial score (nSPS) is 28.4. The molecule has 0 aromatic carbocycles. The molecule has 2 fully saturated rings. The lowest BCUT2D eigenvalue weighted by Gasteiger charge is -2.41. The van der Waals surface area contributed by atoms with Crippen molar-refractivity contribution in [2.45, 2.75) is 32.1 Å². The van der Waals surface area contributed by atoms with E-state index in [4.69, 9.17) is 4.74 Å². The Morgan fingerprint density at radius 1 is 1.25 bits per heavy atom. The summed E-state index contributed by atoms with van der Waals surface area (Å²) in [5, 5.41) is 4.24. The summed E-state index contributed by atoms with van der Waals surface area (Å²) in [6, 6.07) is 2.35. The van der Waals surface area contributed by atoms with Crippen molar-refractivity contribution in [1.29, 1.82) is 0 Å². The zero-order chi connectivity index (χ0) is 14.1. The quantitative estimate of drug-likeness (QED) is 0.802. The topological polar surface area (TPSA) is 50.6 Å². The summed E-state index contributed by atoms with van der Waals surface area (Å²) in [7, 11) is 0. The minimum Gasteiger partial charge on any atom is -0.372 e. The summed E-state index contributed by atoms with van der Waals surface area (Å²) in [6.45, 7) is 7.78. The molecule has 0 unspecified atom stereocenters. The molecule has 0 N–H and O–H groups in total. The van der Waals surface area contributed by atoms with Gasteiger partial charge in [0, 0.05) is 38.6 Å². The molecule has 20 heavy (non-hydrogen) atoms. The SMILES string of the molecule is C[C@@H]1CN(C(=O)CN2CC(n3cccn3)C2)C[C@H](C)O1. The Morgan fingerprint density at radius 2 is 1.95 bits per heavy atom. The van der Waals surface area contributed by atoms with Crippen LogP contribution >= 0.6 is 0 Å². The van der Waals surface area contributed by atoms with Gasteiger partial charge in [-0.3, -0.25) is 14.4 Å². The lowest BCUT2D eigenvalue weighted by molar-refractivity contribution is -0.145. The molecule has 1 aromatic rings. The summed E-state index contributed by atoms with van der Waals surface area (Å²) in [4.78, 5) is 16.4. The second kappa shape index (κ2) is 5.54. The Bertz CT molecular complexity index is 446. The maximum absolute atomic E-state index is 12.3. The van der Waals surface area contributed by atoms with E-state index in [0.29, 0.717) is 25.7 Å². The van der Waals surface area contributed by atoms with E-state index in [9.17, 15) is 4.79 Å². The van der Waals surface area contributed by atoms with Gasteiger partial charge in [0.1, 0.15) is 0 Å². The number of rotatable bonds is 3. The van der Waals surface area contributed by atoms with E-state index in [-0.39, 0.29) is 18.1 Å². The Labute approximate surface area is 119 Å². The van der Waals surface area contributed by atoms with Crippen LogP contribution in [0.1, 0.15) is 19.9 Å². The van der Waals surface area contributed by atoms with Crippen molar-refractivity contribution >= 4 is 5.91 Å². The van der Waals surface area contributed by atoms with E-state index in [1.807, 2.05) is 35.7 Å². The first-order valence-electron chi connectivity index (χ1n) is 7.26. The maximum Gasteiger partial charge on any atom is 0.236 e. The number of carbonyl (C=O) groups excluding carboxylic acids is 1. The molecular formula is C14H22N4O2. The molecule has 3 heterocycles. The first-order valence-corrected chi connectivity index (χ1v) is 7.26. The maximum atomic E-state index is 12.3. The monoisotopic (exact) mass is 278 g/mol. The van der Waals surface area contributed by atoms with Crippen LogP contribution in [-0.4, -0.2) is 70.4 Å². The first kappa shape index (κ1) is 13.6. The number of likely N-dealkylation sites (tertiary alicyclic amines) is 1. The van der Waals surface area contributed by atoms with Crippen LogP contribution in [-0.2, 0) is 9.53 Å². The third-order valence-corrected chi connectivity index (χ3v) is 3.97. The van der Waals surface area contributed by atoms with Crippen LogP contribution in [0.2, 0.25) is 0 Å². The Morgan fingerprint density at radius 3 is 2.55 bits per heavy atom. The zero-order valence-corrected chi connectivity index (χ0v) is 12.1. The van der Waals surface area contributed by atoms with Gasteiger partial charge in [-0.25, -0.2) is 0 Å². The fourth-order valence-corrected chi connectivity index (χ4v) is 3.01. The first-order chi connectivity index (χ1) is 9.61. The van der Waals surface area contributed by atoms with Crippen LogP contribution in [0.25, 0.3) is 0 Å². The Balaban J connectivity index is 1.46. The van der Waals surface area contributed by atoms with E-state index in [1.54, 1.807) is 6.20 Å². The molecule has 110 valence electrons. The average molecular weight is 278 g/mol. The van der Waals surface area contributed by atoms with Crippen LogP contribution in [0.5, 0.6) is 0 Å². The summed E-state index contributed by atoms with van der Waals surface area (Å²) >= 11 is 0. The molecule has 2 atom stereocenters. The smallest absolute Gasteiger partial charge is 0.236 e. The fraction of sp³-hybridized carbons (Fsp3) is 0.714. The van der Waals surface area contributed by atoms with E-state index < -0.39 is 0 Å². The van der Waals surface area contributed by atoms with Crippen molar-refractivity contribution in [3.8, 4) is 0 Å². The van der Waals surface area contributed by atoms with Crippen molar-refractivity contribution in [1.82, 2.24) is 19.6 Å². The molecule has 2 aliphatic heterocycles. The molecular weight excluding hydrogens is 256 g/mol. The number of carbonyl (C=O) groups is 1. The molecule has 1 amide bonds. The molecule has 0 bridgehead atoms. The second-order valence-electron chi connectivity index (χ2n) is 5.89. The Hall–Kier alpha value is -1.40. The minimum atomic E-state index is 0.135. The third-order valence-electron chi connectivity index (χ3n) is 3.97. The van der Waals surface area contributed by atoms with Crippen LogP contribution in [0.15, 0.2) is 18.5 Å². The predicted molar refractivity (Wildman–Crippen MR) is 74.3 cm³/mol. The molecule has 0 radical (unpaired) electrons. The summed E-state index contributed by atoms with van der Waals surface area (Å²) < 4.78 is 7.63. The van der Waals surface area contributed by atoms with Gasteiger partial charge in [-0.15, -0.1) is 0 Å². The fourth-order valence-electron chi connectivity index (χ4n) is 3.01. The van der Waals surface area contributed by atoms with Gasteiger partial charge < -0.3 is 9.64 Å². The zero-order valence-electron chi connectivity index (χ0n) is 12.1. The van der Waals surface area contributed by atoms with E-state index in [0.717, 1.165) is 13.1 Å². The number of hydrogen-bond acceptors (Lipinski definition) is 4. The lowest BCUT2D eigenvalue weighted by atomic mass is 10.1. The van der Waals surface area contributed by atoms with Crippen molar-refractivity contribution < 1.29 is 9.53 Å². The highest BCUT2D eigenvalue weighted by Crippen LogP contribution is 2.20. The van der Waals surface area contributed by atoms with Gasteiger partial charge in [-0.2, -0.15) is 5.10 Å². The van der Waals surface area contributed by atoms with Crippen LogP contribution in [0, 0.1) is 0 Å².